The first-order chi connectivity index (χ1) is 11.9. The van der Waals surface area contributed by atoms with E-state index in [1.54, 1.807) is 13.8 Å². The Labute approximate surface area is 147 Å². The Bertz CT molecular complexity index is 823. The first-order valence-corrected chi connectivity index (χ1v) is 8.94. The molecule has 0 bridgehead atoms. The van der Waals surface area contributed by atoms with Gasteiger partial charge in [-0.15, -0.1) is 0 Å². The van der Waals surface area contributed by atoms with Crippen LogP contribution in [0.5, 0.6) is 0 Å². The van der Waals surface area contributed by atoms with Crippen molar-refractivity contribution in [2.24, 2.45) is 5.92 Å². The predicted octanol–water partition coefficient (Wildman–Crippen LogP) is 1.99. The second-order valence-electron chi connectivity index (χ2n) is 7.80. The van der Waals surface area contributed by atoms with Crippen molar-refractivity contribution in [2.45, 2.75) is 51.5 Å². The maximum absolute atomic E-state index is 12.7. The molecule has 2 aliphatic carbocycles. The lowest BCUT2D eigenvalue weighted by Gasteiger charge is -2.23. The highest BCUT2D eigenvalue weighted by Crippen LogP contribution is 2.57. The summed E-state index contributed by atoms with van der Waals surface area (Å²) in [5, 5.41) is 16.9. The van der Waals surface area contributed by atoms with Gasteiger partial charge in [0, 0.05) is 17.7 Å². The van der Waals surface area contributed by atoms with Crippen LogP contribution >= 0.6 is 0 Å². The van der Waals surface area contributed by atoms with Crippen LogP contribution < -0.4 is 5.32 Å². The molecule has 2 aromatic heterocycles. The van der Waals surface area contributed by atoms with Crippen LogP contribution in [0.4, 0.5) is 0 Å². The monoisotopic (exact) mass is 340 g/mol. The van der Waals surface area contributed by atoms with Crippen molar-refractivity contribution in [3.63, 3.8) is 0 Å². The second-order valence-corrected chi connectivity index (χ2v) is 7.80. The number of hydrogen-bond acceptors (Lipinski definition) is 4. The molecule has 4 rings (SSSR count). The number of nitrogens with zero attached hydrogens (tertiary/aromatic N) is 3. The summed E-state index contributed by atoms with van der Waals surface area (Å²) in [4.78, 5) is 17.3. The summed E-state index contributed by atoms with van der Waals surface area (Å²) >= 11 is 0. The van der Waals surface area contributed by atoms with Crippen LogP contribution in [0.15, 0.2) is 18.3 Å². The molecule has 2 atom stereocenters. The summed E-state index contributed by atoms with van der Waals surface area (Å²) < 4.78 is 1.85. The third-order valence-corrected chi connectivity index (χ3v) is 5.26. The van der Waals surface area contributed by atoms with Gasteiger partial charge in [-0.25, -0.2) is 9.67 Å². The van der Waals surface area contributed by atoms with Gasteiger partial charge in [-0.2, -0.15) is 5.10 Å². The first kappa shape index (κ1) is 16.3. The molecule has 1 saturated carbocycles. The van der Waals surface area contributed by atoms with E-state index in [1.165, 1.54) is 12.0 Å². The molecule has 0 aromatic carbocycles. The van der Waals surface area contributed by atoms with Crippen molar-refractivity contribution in [1.82, 2.24) is 20.1 Å². The number of fused-ring (bicyclic) bond motifs is 3. The fourth-order valence-electron chi connectivity index (χ4n) is 3.63. The third kappa shape index (κ3) is 2.74. The number of aliphatic hydroxyl groups excluding tert-OH is 1. The zero-order valence-corrected chi connectivity index (χ0v) is 14.9. The SMILES string of the molecule is CCc1ccc(-n2nc(C(=O)NC(C)(C)CO)c3c2[C@@H]2C[C@@H]2C3)nc1. The Balaban J connectivity index is 1.73. The fourth-order valence-corrected chi connectivity index (χ4v) is 3.63. The zero-order chi connectivity index (χ0) is 17.8. The van der Waals surface area contributed by atoms with Gasteiger partial charge in [0.15, 0.2) is 11.5 Å². The van der Waals surface area contributed by atoms with E-state index in [0.29, 0.717) is 17.5 Å². The number of nitrogens with one attached hydrogen (secondary N) is 1. The van der Waals surface area contributed by atoms with Gasteiger partial charge in [-0.1, -0.05) is 13.0 Å². The van der Waals surface area contributed by atoms with Crippen molar-refractivity contribution < 1.29 is 9.90 Å². The van der Waals surface area contributed by atoms with Crippen LogP contribution in [0.2, 0.25) is 0 Å². The Morgan fingerprint density at radius 2 is 2.24 bits per heavy atom. The molecule has 2 heterocycles. The minimum atomic E-state index is -0.670. The average molecular weight is 340 g/mol. The zero-order valence-electron chi connectivity index (χ0n) is 14.9. The molecule has 0 spiro atoms. The van der Waals surface area contributed by atoms with E-state index in [2.05, 4.69) is 28.4 Å². The number of aliphatic hydroxyl groups is 1. The van der Waals surface area contributed by atoms with Crippen LogP contribution in [-0.4, -0.2) is 37.9 Å². The van der Waals surface area contributed by atoms with E-state index in [4.69, 9.17) is 0 Å². The lowest BCUT2D eigenvalue weighted by molar-refractivity contribution is 0.0863. The molecule has 0 radical (unpaired) electrons. The van der Waals surface area contributed by atoms with E-state index in [9.17, 15) is 9.90 Å². The summed E-state index contributed by atoms with van der Waals surface area (Å²) in [6.45, 7) is 5.57. The Morgan fingerprint density at radius 1 is 1.44 bits per heavy atom. The van der Waals surface area contributed by atoms with Gasteiger partial charge in [0.2, 0.25) is 0 Å². The largest absolute Gasteiger partial charge is 0.394 e. The molecule has 2 aliphatic rings. The quantitative estimate of drug-likeness (QED) is 0.872. The number of rotatable bonds is 5. The molecule has 0 unspecified atom stereocenters. The van der Waals surface area contributed by atoms with Crippen molar-refractivity contribution in [2.75, 3.05) is 6.61 Å². The first-order valence-electron chi connectivity index (χ1n) is 8.94. The van der Waals surface area contributed by atoms with Crippen molar-refractivity contribution in [3.8, 4) is 5.82 Å². The summed E-state index contributed by atoms with van der Waals surface area (Å²) in [7, 11) is 0. The molecule has 6 nitrogen and oxygen atoms in total. The average Bonchev–Trinajstić information content (AvgIpc) is 3.10. The molecule has 2 N–H and O–H groups in total. The van der Waals surface area contributed by atoms with Gasteiger partial charge < -0.3 is 10.4 Å². The molecule has 6 heteroatoms. The second kappa shape index (κ2) is 5.66. The predicted molar refractivity (Wildman–Crippen MR) is 93.9 cm³/mol. The van der Waals surface area contributed by atoms with Gasteiger partial charge in [0.05, 0.1) is 17.8 Å². The molecule has 0 saturated heterocycles. The Hall–Kier alpha value is -2.21. The van der Waals surface area contributed by atoms with E-state index >= 15 is 0 Å². The van der Waals surface area contributed by atoms with Gasteiger partial charge in [0.25, 0.3) is 5.91 Å². The normalized spacial score (nSPS) is 21.0. The molecule has 25 heavy (non-hydrogen) atoms. The Morgan fingerprint density at radius 3 is 2.88 bits per heavy atom. The van der Waals surface area contributed by atoms with Gasteiger partial charge in [0.1, 0.15) is 0 Å². The van der Waals surface area contributed by atoms with Gasteiger partial charge in [-0.05, 0) is 50.7 Å². The highest BCUT2D eigenvalue weighted by atomic mass is 16.3. The summed E-state index contributed by atoms with van der Waals surface area (Å²) in [5.41, 5.74) is 3.18. The molecule has 1 amide bonds. The van der Waals surface area contributed by atoms with E-state index in [1.807, 2.05) is 16.9 Å². The molecule has 2 aromatic rings. The minimum Gasteiger partial charge on any atom is -0.394 e. The molecule has 132 valence electrons. The molecule has 1 fully saturated rings. The number of hydrogen-bond donors (Lipinski definition) is 2. The smallest absolute Gasteiger partial charge is 0.272 e. The molecular formula is C19H24N4O2. The van der Waals surface area contributed by atoms with Crippen LogP contribution in [0.1, 0.15) is 60.4 Å². The maximum atomic E-state index is 12.7. The van der Waals surface area contributed by atoms with Crippen molar-refractivity contribution >= 4 is 5.91 Å². The van der Waals surface area contributed by atoms with Crippen LogP contribution in [0.3, 0.4) is 0 Å². The summed E-state index contributed by atoms with van der Waals surface area (Å²) in [6.07, 6.45) is 4.90. The van der Waals surface area contributed by atoms with Crippen molar-refractivity contribution in [3.05, 3.63) is 40.8 Å². The number of carbonyl (C=O) groups excluding carboxylic acids is 1. The number of aromatic nitrogens is 3. The van der Waals surface area contributed by atoms with E-state index < -0.39 is 5.54 Å². The third-order valence-electron chi connectivity index (χ3n) is 5.26. The highest BCUT2D eigenvalue weighted by molar-refractivity contribution is 5.95. The fraction of sp³-hybridized carbons (Fsp3) is 0.526. The lowest BCUT2D eigenvalue weighted by Crippen LogP contribution is -2.46. The summed E-state index contributed by atoms with van der Waals surface area (Å²) in [6, 6.07) is 4.03. The number of amides is 1. The van der Waals surface area contributed by atoms with Crippen LogP contribution in [-0.2, 0) is 12.8 Å². The molecule has 0 aliphatic heterocycles. The topological polar surface area (TPSA) is 80.0 Å². The number of aryl methyl sites for hydroxylation is 1. The van der Waals surface area contributed by atoms with Crippen LogP contribution in [0, 0.1) is 5.92 Å². The minimum absolute atomic E-state index is 0.118. The number of carbonyl (C=O) groups is 1. The van der Waals surface area contributed by atoms with Crippen molar-refractivity contribution in [1.29, 1.82) is 0 Å². The van der Waals surface area contributed by atoms with Crippen LogP contribution in [0.25, 0.3) is 5.82 Å². The number of pyridine rings is 1. The molecular weight excluding hydrogens is 316 g/mol. The Kier molecular flexibility index (Phi) is 3.68. The van der Waals surface area contributed by atoms with Gasteiger partial charge in [-0.3, -0.25) is 4.79 Å². The lowest BCUT2D eigenvalue weighted by atomic mass is 10.1. The summed E-state index contributed by atoms with van der Waals surface area (Å²) in [5.74, 6) is 1.69. The highest BCUT2D eigenvalue weighted by Gasteiger charge is 2.50. The van der Waals surface area contributed by atoms with E-state index in [0.717, 1.165) is 29.9 Å². The standard InChI is InChI=1S/C19H24N4O2/c1-4-11-5-6-15(20-9-11)23-17-13-7-12(13)8-14(17)16(22-23)18(25)21-19(2,3)10-24/h5-6,9,12-13,24H,4,7-8,10H2,1-3H3,(H,21,25)/t12-,13-/m1/s1. The maximum Gasteiger partial charge on any atom is 0.272 e. The van der Waals surface area contributed by atoms with Gasteiger partial charge >= 0.3 is 0 Å². The van der Waals surface area contributed by atoms with E-state index in [-0.39, 0.29) is 12.5 Å².